The van der Waals surface area contributed by atoms with Crippen molar-refractivity contribution < 1.29 is 9.59 Å². The Hall–Kier alpha value is -3.74. The Morgan fingerprint density at radius 2 is 1.75 bits per heavy atom. The summed E-state index contributed by atoms with van der Waals surface area (Å²) in [6.07, 6.45) is 0.199. The maximum Gasteiger partial charge on any atom is 0.255 e. The molecular weight excluding hydrogens is 354 g/mol. The van der Waals surface area contributed by atoms with Crippen LogP contribution in [0.5, 0.6) is 0 Å². The zero-order chi connectivity index (χ0) is 19.7. The minimum atomic E-state index is -0.297. The monoisotopic (exact) mass is 373 g/mol. The molecule has 0 saturated heterocycles. The van der Waals surface area contributed by atoms with E-state index in [0.29, 0.717) is 28.6 Å². The molecule has 0 bridgehead atoms. The largest absolute Gasteiger partial charge is 0.337 e. The van der Waals surface area contributed by atoms with Crippen LogP contribution >= 0.6 is 0 Å². The maximum atomic E-state index is 12.7. The summed E-state index contributed by atoms with van der Waals surface area (Å²) in [6, 6.07) is 16.6. The fourth-order valence-electron chi connectivity index (χ4n) is 2.95. The van der Waals surface area contributed by atoms with Crippen molar-refractivity contribution in [3.8, 4) is 0 Å². The van der Waals surface area contributed by atoms with Crippen molar-refractivity contribution in [3.63, 3.8) is 0 Å². The lowest BCUT2D eigenvalue weighted by molar-refractivity contribution is 0.0905. The van der Waals surface area contributed by atoms with E-state index < -0.39 is 0 Å². The van der Waals surface area contributed by atoms with E-state index in [1.165, 1.54) is 4.68 Å². The number of hydrogen-bond donors (Lipinski definition) is 2. The molecule has 2 N–H and O–H groups in total. The molecule has 0 radical (unpaired) electrons. The van der Waals surface area contributed by atoms with Crippen LogP contribution < -0.4 is 10.6 Å². The van der Waals surface area contributed by atoms with E-state index in [2.05, 4.69) is 20.7 Å². The Balaban J connectivity index is 1.75. The van der Waals surface area contributed by atoms with Gasteiger partial charge in [0.25, 0.3) is 11.8 Å². The molecule has 7 nitrogen and oxygen atoms in total. The van der Waals surface area contributed by atoms with Crippen molar-refractivity contribution in [1.29, 1.82) is 0 Å². The molecule has 0 saturated carbocycles. The fraction of sp³-hybridized carbons (Fsp3) is 0.143. The average molecular weight is 373 g/mol. The van der Waals surface area contributed by atoms with E-state index in [0.717, 1.165) is 11.3 Å². The first-order chi connectivity index (χ1) is 13.5. The van der Waals surface area contributed by atoms with E-state index >= 15 is 0 Å². The molecule has 1 aromatic heterocycles. The van der Waals surface area contributed by atoms with Crippen molar-refractivity contribution in [2.45, 2.75) is 20.3 Å². The quantitative estimate of drug-likeness (QED) is 0.713. The number of aliphatic imine (C=N–C) groups is 1. The van der Waals surface area contributed by atoms with Gasteiger partial charge in [0.1, 0.15) is 5.69 Å². The second-order valence-electron chi connectivity index (χ2n) is 6.69. The number of amides is 1. The van der Waals surface area contributed by atoms with Crippen molar-refractivity contribution in [2.75, 3.05) is 10.6 Å². The topological polar surface area (TPSA) is 88.4 Å². The number of hydrogen-bond acceptors (Lipinski definition) is 5. The van der Waals surface area contributed by atoms with Crippen molar-refractivity contribution in [3.05, 3.63) is 65.7 Å². The van der Waals surface area contributed by atoms with Crippen LogP contribution in [0.2, 0.25) is 0 Å². The Kier molecular flexibility index (Phi) is 4.49. The van der Waals surface area contributed by atoms with E-state index in [-0.39, 0.29) is 18.2 Å². The van der Waals surface area contributed by atoms with Gasteiger partial charge in [0.05, 0.1) is 6.42 Å². The first-order valence-corrected chi connectivity index (χ1v) is 8.92. The van der Waals surface area contributed by atoms with E-state index in [1.54, 1.807) is 31.2 Å². The van der Waals surface area contributed by atoms with Crippen LogP contribution in [0, 0.1) is 6.92 Å². The van der Waals surface area contributed by atoms with Gasteiger partial charge in [-0.15, -0.1) is 5.10 Å². The van der Waals surface area contributed by atoms with Gasteiger partial charge in [-0.25, -0.2) is 4.99 Å². The Morgan fingerprint density at radius 3 is 2.46 bits per heavy atom. The number of nitrogens with one attached hydrogen (secondary N) is 2. The van der Waals surface area contributed by atoms with Crippen LogP contribution in [0.3, 0.4) is 0 Å². The number of carbonyl (C=O) groups is 2. The minimum absolute atomic E-state index is 0.185. The maximum absolute atomic E-state index is 12.7. The molecule has 0 fully saturated rings. The standard InChI is InChI=1S/C21H19N5O2/c1-13-8-10-16(11-9-13)23-19-18(24-21(28)15-6-4-3-5-7-15)20-22-14(2)12-17(27)26(20)25-19/h3-11H,12H2,1-2H3,(H,23,25)(H,24,28). The third kappa shape index (κ3) is 3.42. The highest BCUT2D eigenvalue weighted by Crippen LogP contribution is 2.37. The van der Waals surface area contributed by atoms with E-state index in [4.69, 9.17) is 0 Å². The molecule has 1 aliphatic rings. The molecule has 140 valence electrons. The van der Waals surface area contributed by atoms with Crippen molar-refractivity contribution >= 4 is 40.5 Å². The molecule has 1 aliphatic heterocycles. The van der Waals surface area contributed by atoms with Crippen molar-refractivity contribution in [2.24, 2.45) is 4.99 Å². The summed E-state index contributed by atoms with van der Waals surface area (Å²) in [5.41, 5.74) is 3.48. The smallest absolute Gasteiger partial charge is 0.255 e. The summed E-state index contributed by atoms with van der Waals surface area (Å²) in [7, 11) is 0. The predicted molar refractivity (Wildman–Crippen MR) is 109 cm³/mol. The van der Waals surface area contributed by atoms with Crippen LogP contribution in [-0.4, -0.2) is 27.3 Å². The molecule has 4 rings (SSSR count). The average Bonchev–Trinajstić information content (AvgIpc) is 3.02. The summed E-state index contributed by atoms with van der Waals surface area (Å²) < 4.78 is 1.24. The van der Waals surface area contributed by atoms with Gasteiger partial charge in [-0.1, -0.05) is 35.9 Å². The summed E-state index contributed by atoms with van der Waals surface area (Å²) in [4.78, 5) is 29.6. The normalized spacial score (nSPS) is 12.9. The number of aryl methyl sites for hydroxylation is 1. The van der Waals surface area contributed by atoms with E-state index in [9.17, 15) is 9.59 Å². The van der Waals surface area contributed by atoms with Gasteiger partial charge in [-0.2, -0.15) is 4.68 Å². The van der Waals surface area contributed by atoms with Crippen LogP contribution in [0.15, 0.2) is 59.6 Å². The number of aromatic nitrogens is 2. The predicted octanol–water partition coefficient (Wildman–Crippen LogP) is 4.32. The molecule has 2 aromatic carbocycles. The molecular formula is C21H19N5O2. The van der Waals surface area contributed by atoms with Gasteiger partial charge in [0.2, 0.25) is 0 Å². The highest BCUT2D eigenvalue weighted by Gasteiger charge is 2.27. The second-order valence-corrected chi connectivity index (χ2v) is 6.69. The molecule has 7 heteroatoms. The van der Waals surface area contributed by atoms with Gasteiger partial charge >= 0.3 is 0 Å². The first-order valence-electron chi connectivity index (χ1n) is 8.92. The second kappa shape index (κ2) is 7.11. The lowest BCUT2D eigenvalue weighted by Gasteiger charge is -2.11. The molecule has 0 atom stereocenters. The molecule has 0 unspecified atom stereocenters. The molecule has 3 aromatic rings. The number of benzene rings is 2. The number of nitrogens with zero attached hydrogens (tertiary/aromatic N) is 3. The zero-order valence-corrected chi connectivity index (χ0v) is 15.6. The number of anilines is 3. The number of fused-ring (bicyclic) bond motifs is 1. The third-order valence-corrected chi connectivity index (χ3v) is 4.39. The Bertz CT molecular complexity index is 1080. The van der Waals surface area contributed by atoms with Crippen LogP contribution in [0.4, 0.5) is 23.0 Å². The van der Waals surface area contributed by atoms with Crippen LogP contribution in [0.25, 0.3) is 0 Å². The van der Waals surface area contributed by atoms with E-state index in [1.807, 2.05) is 37.3 Å². The number of rotatable bonds is 4. The number of carbonyl (C=O) groups excluding carboxylic acids is 2. The Labute approximate surface area is 162 Å². The summed E-state index contributed by atoms with van der Waals surface area (Å²) in [5, 5.41) is 10.4. The minimum Gasteiger partial charge on any atom is -0.337 e. The molecule has 28 heavy (non-hydrogen) atoms. The fourth-order valence-corrected chi connectivity index (χ4v) is 2.95. The van der Waals surface area contributed by atoms with Gasteiger partial charge in [-0.05, 0) is 38.1 Å². The highest BCUT2D eigenvalue weighted by molar-refractivity contribution is 6.11. The van der Waals surface area contributed by atoms with Gasteiger partial charge < -0.3 is 10.6 Å². The zero-order valence-electron chi connectivity index (χ0n) is 15.6. The molecule has 0 spiro atoms. The lowest BCUT2D eigenvalue weighted by atomic mass is 10.2. The van der Waals surface area contributed by atoms with Crippen molar-refractivity contribution in [1.82, 2.24) is 9.78 Å². The van der Waals surface area contributed by atoms with Crippen LogP contribution in [-0.2, 0) is 0 Å². The van der Waals surface area contributed by atoms with Gasteiger partial charge in [0, 0.05) is 17.0 Å². The lowest BCUT2D eigenvalue weighted by Crippen LogP contribution is -2.19. The SMILES string of the molecule is CC1=Nc2c(NC(=O)c3ccccc3)c(Nc3ccc(C)cc3)nn2C(=O)C1. The third-order valence-electron chi connectivity index (χ3n) is 4.39. The molecule has 0 aliphatic carbocycles. The summed E-state index contributed by atoms with van der Waals surface area (Å²) in [5.74, 6) is 0.214. The Morgan fingerprint density at radius 1 is 1.04 bits per heavy atom. The first kappa shape index (κ1) is 17.7. The molecule has 2 heterocycles. The van der Waals surface area contributed by atoms with Crippen LogP contribution in [0.1, 0.15) is 34.1 Å². The summed E-state index contributed by atoms with van der Waals surface area (Å²) >= 11 is 0. The highest BCUT2D eigenvalue weighted by atomic mass is 16.2. The van der Waals surface area contributed by atoms with Gasteiger partial charge in [-0.3, -0.25) is 9.59 Å². The molecule has 1 amide bonds. The summed E-state index contributed by atoms with van der Waals surface area (Å²) in [6.45, 7) is 3.78. The van der Waals surface area contributed by atoms with Gasteiger partial charge in [0.15, 0.2) is 11.6 Å².